The number of hydrogen-bond donors (Lipinski definition) is 1. The van der Waals surface area contributed by atoms with Gasteiger partial charge in [-0.3, -0.25) is 4.79 Å². The van der Waals surface area contributed by atoms with E-state index in [1.807, 2.05) is 6.07 Å². The van der Waals surface area contributed by atoms with E-state index in [9.17, 15) is 13.6 Å². The van der Waals surface area contributed by atoms with Crippen LogP contribution in [0.5, 0.6) is 0 Å². The number of benzene rings is 2. The minimum Gasteiger partial charge on any atom is -0.368 e. The number of rotatable bonds is 6. The Labute approximate surface area is 232 Å². The third kappa shape index (κ3) is 5.46. The fraction of sp³-hybridized carbons (Fsp3) is 0.606. The number of hydrogen-bond acceptors (Lipinski definition) is 3. The minimum atomic E-state index is -2.85. The van der Waals surface area contributed by atoms with Crippen molar-refractivity contribution in [2.45, 2.75) is 88.6 Å². The molecule has 6 heteroatoms. The van der Waals surface area contributed by atoms with E-state index in [0.717, 1.165) is 38.3 Å². The van der Waals surface area contributed by atoms with Gasteiger partial charge in [0.05, 0.1) is 5.41 Å². The normalized spacial score (nSPS) is 31.4. The molecule has 3 atom stereocenters. The molecule has 4 fully saturated rings. The number of nitrogens with zero attached hydrogens (tertiary/aromatic N) is 2. The Kier molecular flexibility index (Phi) is 7.43. The lowest BCUT2D eigenvalue weighted by atomic mass is 9.78. The van der Waals surface area contributed by atoms with Crippen molar-refractivity contribution in [1.82, 2.24) is 10.2 Å². The Hall–Kier alpha value is -2.47. The van der Waals surface area contributed by atoms with Crippen molar-refractivity contribution in [1.29, 1.82) is 0 Å². The van der Waals surface area contributed by atoms with Gasteiger partial charge in [-0.05, 0) is 80.9 Å². The van der Waals surface area contributed by atoms with Crippen LogP contribution in [0.4, 0.5) is 14.5 Å². The number of halogens is 2. The lowest BCUT2D eigenvalue weighted by Gasteiger charge is -2.41. The quantitative estimate of drug-likeness (QED) is 0.447. The predicted molar refractivity (Wildman–Crippen MR) is 152 cm³/mol. The van der Waals surface area contributed by atoms with Crippen LogP contribution in [0.25, 0.3) is 0 Å². The first-order chi connectivity index (χ1) is 18.8. The van der Waals surface area contributed by atoms with Crippen molar-refractivity contribution in [3.63, 3.8) is 0 Å². The molecule has 1 heterocycles. The summed E-state index contributed by atoms with van der Waals surface area (Å²) in [5.74, 6) is -1.32. The molecular formula is C33H43F2N3O. The van der Waals surface area contributed by atoms with Crippen LogP contribution in [0.2, 0.25) is 0 Å². The average Bonchev–Trinajstić information content (AvgIpc) is 3.51. The van der Waals surface area contributed by atoms with Crippen molar-refractivity contribution in [2.24, 2.45) is 11.3 Å². The molecule has 3 saturated carbocycles. The Morgan fingerprint density at radius 3 is 2.38 bits per heavy atom. The minimum absolute atomic E-state index is 0.0456. The predicted octanol–water partition coefficient (Wildman–Crippen LogP) is 6.71. The third-order valence-electron chi connectivity index (χ3n) is 10.3. The summed E-state index contributed by atoms with van der Waals surface area (Å²) in [6.07, 6.45) is 10.4. The van der Waals surface area contributed by atoms with Crippen LogP contribution in [0.3, 0.4) is 0 Å². The molecule has 2 aromatic rings. The number of amides is 1. The van der Waals surface area contributed by atoms with Crippen molar-refractivity contribution in [3.8, 4) is 0 Å². The summed E-state index contributed by atoms with van der Waals surface area (Å²) < 4.78 is 27.7. The van der Waals surface area contributed by atoms with Gasteiger partial charge in [0, 0.05) is 56.4 Å². The highest BCUT2D eigenvalue weighted by atomic mass is 19.3. The molecule has 0 spiro atoms. The van der Waals surface area contributed by atoms with Crippen molar-refractivity contribution < 1.29 is 13.6 Å². The van der Waals surface area contributed by atoms with E-state index in [1.54, 1.807) is 12.1 Å². The second-order valence-electron chi connectivity index (χ2n) is 12.7. The monoisotopic (exact) mass is 535 g/mol. The topological polar surface area (TPSA) is 35.6 Å². The van der Waals surface area contributed by atoms with Crippen molar-refractivity contribution in [2.75, 3.05) is 31.1 Å². The summed E-state index contributed by atoms with van der Waals surface area (Å²) >= 11 is 0. The average molecular weight is 536 g/mol. The van der Waals surface area contributed by atoms with Gasteiger partial charge in [-0.25, -0.2) is 8.78 Å². The second-order valence-corrected chi connectivity index (χ2v) is 12.7. The molecule has 4 aliphatic rings. The zero-order chi connectivity index (χ0) is 27.0. The highest BCUT2D eigenvalue weighted by Gasteiger charge is 2.56. The Morgan fingerprint density at radius 2 is 1.67 bits per heavy atom. The van der Waals surface area contributed by atoms with E-state index in [2.05, 4.69) is 45.4 Å². The first kappa shape index (κ1) is 26.7. The number of carbonyl (C=O) groups is 1. The van der Waals surface area contributed by atoms with E-state index in [1.165, 1.54) is 43.7 Å². The van der Waals surface area contributed by atoms with Gasteiger partial charge in [0.25, 0.3) is 5.92 Å². The van der Waals surface area contributed by atoms with Crippen LogP contribution < -0.4 is 10.2 Å². The van der Waals surface area contributed by atoms with Crippen molar-refractivity contribution >= 4 is 11.6 Å². The zero-order valence-corrected chi connectivity index (χ0v) is 23.3. The molecule has 210 valence electrons. The van der Waals surface area contributed by atoms with E-state index in [4.69, 9.17) is 0 Å². The highest BCUT2D eigenvalue weighted by molar-refractivity contribution is 5.84. The van der Waals surface area contributed by atoms with Gasteiger partial charge in [-0.2, -0.15) is 0 Å². The maximum Gasteiger partial charge on any atom is 0.270 e. The summed E-state index contributed by atoms with van der Waals surface area (Å²) in [7, 11) is 0. The number of anilines is 1. The summed E-state index contributed by atoms with van der Waals surface area (Å²) in [5, 5.41) is 4.01. The molecule has 1 aliphatic heterocycles. The van der Waals surface area contributed by atoms with Crippen LogP contribution in [-0.2, 0) is 10.7 Å². The zero-order valence-electron chi connectivity index (χ0n) is 23.3. The number of carbonyl (C=O) groups excluding carboxylic acids is 1. The first-order valence-corrected chi connectivity index (χ1v) is 15.2. The molecule has 1 amide bonds. The second kappa shape index (κ2) is 10.8. The number of piperazine rings is 1. The molecule has 6 rings (SSSR count). The molecule has 2 aromatic carbocycles. The van der Waals surface area contributed by atoms with Crippen LogP contribution in [0.1, 0.15) is 81.8 Å². The number of alkyl halides is 2. The fourth-order valence-electron chi connectivity index (χ4n) is 8.23. The van der Waals surface area contributed by atoms with Crippen LogP contribution >= 0.6 is 0 Å². The Bertz CT molecular complexity index is 1140. The molecule has 3 aliphatic carbocycles. The Morgan fingerprint density at radius 1 is 0.923 bits per heavy atom. The van der Waals surface area contributed by atoms with E-state index in [-0.39, 0.29) is 11.0 Å². The van der Waals surface area contributed by atoms with Crippen LogP contribution in [0, 0.1) is 11.3 Å². The third-order valence-corrected chi connectivity index (χ3v) is 10.3. The molecule has 1 N–H and O–H groups in total. The summed E-state index contributed by atoms with van der Waals surface area (Å²) in [6.45, 7) is 3.66. The summed E-state index contributed by atoms with van der Waals surface area (Å²) in [5.41, 5.74) is 2.15. The molecule has 1 saturated heterocycles. The lowest BCUT2D eigenvalue weighted by molar-refractivity contribution is -0.143. The maximum atomic E-state index is 14.1. The lowest BCUT2D eigenvalue weighted by Crippen LogP contribution is -2.53. The highest BCUT2D eigenvalue weighted by Crippen LogP contribution is 2.55. The largest absolute Gasteiger partial charge is 0.368 e. The van der Waals surface area contributed by atoms with Crippen molar-refractivity contribution in [3.05, 3.63) is 65.7 Å². The Balaban J connectivity index is 1.04. The summed E-state index contributed by atoms with van der Waals surface area (Å²) in [4.78, 5) is 18.3. The van der Waals surface area contributed by atoms with E-state index in [0.29, 0.717) is 56.0 Å². The van der Waals surface area contributed by atoms with Gasteiger partial charge in [0.15, 0.2) is 0 Å². The maximum absolute atomic E-state index is 14.1. The van der Waals surface area contributed by atoms with Gasteiger partial charge >= 0.3 is 0 Å². The van der Waals surface area contributed by atoms with Crippen LogP contribution in [0.15, 0.2) is 54.6 Å². The number of fused-ring (bicyclic) bond motifs is 1. The molecule has 39 heavy (non-hydrogen) atoms. The summed E-state index contributed by atoms with van der Waals surface area (Å²) in [6, 6.07) is 18.6. The smallest absolute Gasteiger partial charge is 0.270 e. The molecule has 0 aromatic heterocycles. The molecule has 0 radical (unpaired) electrons. The van der Waals surface area contributed by atoms with Gasteiger partial charge in [0.1, 0.15) is 0 Å². The number of nitrogens with one attached hydrogen (secondary N) is 1. The van der Waals surface area contributed by atoms with Gasteiger partial charge in [-0.15, -0.1) is 0 Å². The SMILES string of the molecule is CC(F)(F)c1cccc(N2CCN(C(=O)C34CCCC3CC(NC3CCC(c5ccccc5)CC3)C4)CC2)c1. The molecule has 0 bridgehead atoms. The molecular weight excluding hydrogens is 492 g/mol. The van der Waals surface area contributed by atoms with Crippen LogP contribution in [-0.4, -0.2) is 49.1 Å². The standard InChI is InChI=1S/C33H43F2N3O/c1-32(34,35)26-9-5-11-30(22-26)37-17-19-38(20-18-37)31(39)33-16-6-10-27(33)21-29(23-33)36-28-14-12-25(13-15-28)24-7-3-2-4-8-24/h2-5,7-9,11,22,25,27-29,36H,6,10,12-21,23H2,1H3. The first-order valence-electron chi connectivity index (χ1n) is 15.2. The van der Waals surface area contributed by atoms with E-state index >= 15 is 0 Å². The van der Waals surface area contributed by atoms with Gasteiger partial charge < -0.3 is 15.1 Å². The van der Waals surface area contributed by atoms with Gasteiger partial charge in [-0.1, -0.05) is 48.9 Å². The van der Waals surface area contributed by atoms with E-state index < -0.39 is 5.92 Å². The fourth-order valence-corrected chi connectivity index (χ4v) is 8.23. The molecule has 3 unspecified atom stereocenters. The molecule has 4 nitrogen and oxygen atoms in total. The van der Waals surface area contributed by atoms with Gasteiger partial charge in [0.2, 0.25) is 5.91 Å².